The van der Waals surface area contributed by atoms with Crippen LogP contribution in [-0.4, -0.2) is 23.9 Å². The van der Waals surface area contributed by atoms with Gasteiger partial charge < -0.3 is 9.84 Å². The normalized spacial score (nSPS) is 36.5. The van der Waals surface area contributed by atoms with Crippen molar-refractivity contribution in [3.63, 3.8) is 0 Å². The summed E-state index contributed by atoms with van der Waals surface area (Å²) in [5.74, 6) is 1.29. The largest absolute Gasteiger partial charge is 0.396 e. The lowest BCUT2D eigenvalue weighted by atomic mass is 9.93. The Morgan fingerprint density at radius 3 is 2.62 bits per heavy atom. The molecule has 2 nitrogen and oxygen atoms in total. The lowest BCUT2D eigenvalue weighted by molar-refractivity contribution is 0.0150. The van der Waals surface area contributed by atoms with E-state index >= 15 is 0 Å². The summed E-state index contributed by atoms with van der Waals surface area (Å²) in [6.07, 6.45) is 4.02. The maximum absolute atomic E-state index is 8.72. The molecule has 1 aliphatic rings. The molecule has 4 unspecified atom stereocenters. The second-order valence-electron chi connectivity index (χ2n) is 4.44. The van der Waals surface area contributed by atoms with Crippen molar-refractivity contribution in [1.29, 1.82) is 0 Å². The molecule has 1 N–H and O–H groups in total. The van der Waals surface area contributed by atoms with Gasteiger partial charge in [0.05, 0.1) is 12.2 Å². The Kier molecular flexibility index (Phi) is 4.20. The van der Waals surface area contributed by atoms with Gasteiger partial charge in [-0.15, -0.1) is 0 Å². The quantitative estimate of drug-likeness (QED) is 0.729. The van der Waals surface area contributed by atoms with Crippen LogP contribution in [0.1, 0.15) is 40.0 Å². The van der Waals surface area contributed by atoms with Crippen molar-refractivity contribution >= 4 is 0 Å². The lowest BCUT2D eigenvalue weighted by Gasteiger charge is -2.18. The van der Waals surface area contributed by atoms with Crippen molar-refractivity contribution in [1.82, 2.24) is 0 Å². The summed E-state index contributed by atoms with van der Waals surface area (Å²) in [7, 11) is 0. The van der Waals surface area contributed by atoms with E-state index in [2.05, 4.69) is 20.8 Å². The Morgan fingerprint density at radius 2 is 2.15 bits per heavy atom. The molecule has 78 valence electrons. The second kappa shape index (κ2) is 4.97. The molecule has 0 aromatic carbocycles. The van der Waals surface area contributed by atoms with E-state index in [1.807, 2.05) is 0 Å². The van der Waals surface area contributed by atoms with E-state index in [9.17, 15) is 0 Å². The molecule has 0 spiro atoms. The van der Waals surface area contributed by atoms with Crippen LogP contribution in [0, 0.1) is 11.8 Å². The van der Waals surface area contributed by atoms with E-state index in [0.29, 0.717) is 30.7 Å². The van der Waals surface area contributed by atoms with Crippen LogP contribution in [0.4, 0.5) is 0 Å². The summed E-state index contributed by atoms with van der Waals surface area (Å²) in [5.41, 5.74) is 0. The summed E-state index contributed by atoms with van der Waals surface area (Å²) in [4.78, 5) is 0. The Morgan fingerprint density at radius 1 is 1.46 bits per heavy atom. The zero-order valence-electron chi connectivity index (χ0n) is 8.99. The molecule has 2 heteroatoms. The first kappa shape index (κ1) is 11.0. The molecular weight excluding hydrogens is 164 g/mol. The van der Waals surface area contributed by atoms with Crippen LogP contribution >= 0.6 is 0 Å². The van der Waals surface area contributed by atoms with Gasteiger partial charge in [0.25, 0.3) is 0 Å². The molecule has 0 amide bonds. The van der Waals surface area contributed by atoms with Gasteiger partial charge in [-0.05, 0) is 38.0 Å². The minimum absolute atomic E-state index is 0.308. The number of aliphatic hydroxyl groups excluding tert-OH is 1. The van der Waals surface area contributed by atoms with Gasteiger partial charge in [-0.1, -0.05) is 13.8 Å². The highest BCUT2D eigenvalue weighted by Gasteiger charge is 2.31. The highest BCUT2D eigenvalue weighted by molar-refractivity contribution is 4.80. The lowest BCUT2D eigenvalue weighted by Crippen LogP contribution is -2.18. The molecule has 4 atom stereocenters. The first-order valence-electron chi connectivity index (χ1n) is 5.41. The van der Waals surface area contributed by atoms with Gasteiger partial charge in [0, 0.05) is 6.61 Å². The van der Waals surface area contributed by atoms with Crippen molar-refractivity contribution in [3.05, 3.63) is 0 Å². The summed E-state index contributed by atoms with van der Waals surface area (Å²) in [6, 6.07) is 0. The smallest absolute Gasteiger partial charge is 0.0607 e. The Hall–Kier alpha value is -0.0800. The maximum atomic E-state index is 8.72. The SMILES string of the molecule is CC1CC(C(C)CCCO)OC1C. The third-order valence-electron chi connectivity index (χ3n) is 3.25. The van der Waals surface area contributed by atoms with Gasteiger partial charge in [0.2, 0.25) is 0 Å². The number of hydrogen-bond donors (Lipinski definition) is 1. The monoisotopic (exact) mass is 186 g/mol. The number of aliphatic hydroxyl groups is 1. The second-order valence-corrected chi connectivity index (χ2v) is 4.44. The standard InChI is InChI=1S/C11H22O2/c1-8(5-4-6-12)11-7-9(2)10(3)13-11/h8-12H,4-7H2,1-3H3. The van der Waals surface area contributed by atoms with Gasteiger partial charge in [-0.3, -0.25) is 0 Å². The van der Waals surface area contributed by atoms with E-state index in [1.165, 1.54) is 6.42 Å². The Bertz CT molecular complexity index is 137. The van der Waals surface area contributed by atoms with Crippen LogP contribution in [-0.2, 0) is 4.74 Å². The zero-order chi connectivity index (χ0) is 9.84. The first-order chi connectivity index (χ1) is 6.15. The predicted molar refractivity (Wildman–Crippen MR) is 53.6 cm³/mol. The molecule has 1 saturated heterocycles. The molecule has 0 radical (unpaired) electrons. The minimum Gasteiger partial charge on any atom is -0.396 e. The van der Waals surface area contributed by atoms with Gasteiger partial charge in [-0.25, -0.2) is 0 Å². The summed E-state index contributed by atoms with van der Waals surface area (Å²) < 4.78 is 5.85. The summed E-state index contributed by atoms with van der Waals surface area (Å²) in [5, 5.41) is 8.72. The van der Waals surface area contributed by atoms with Crippen molar-refractivity contribution in [2.24, 2.45) is 11.8 Å². The molecule has 0 aliphatic carbocycles. The van der Waals surface area contributed by atoms with Crippen LogP contribution in [0.2, 0.25) is 0 Å². The molecule has 1 fully saturated rings. The fourth-order valence-electron chi connectivity index (χ4n) is 1.99. The Balaban J connectivity index is 2.28. The number of hydrogen-bond acceptors (Lipinski definition) is 2. The molecule has 1 aliphatic heterocycles. The van der Waals surface area contributed by atoms with Crippen LogP contribution in [0.3, 0.4) is 0 Å². The van der Waals surface area contributed by atoms with Crippen molar-refractivity contribution in [3.8, 4) is 0 Å². The topological polar surface area (TPSA) is 29.5 Å². The number of ether oxygens (including phenoxy) is 1. The summed E-state index contributed by atoms with van der Waals surface area (Å²) in [6.45, 7) is 6.94. The third kappa shape index (κ3) is 2.96. The van der Waals surface area contributed by atoms with Crippen LogP contribution in [0.5, 0.6) is 0 Å². The molecule has 0 aromatic heterocycles. The fourth-order valence-corrected chi connectivity index (χ4v) is 1.99. The van der Waals surface area contributed by atoms with E-state index in [1.54, 1.807) is 0 Å². The van der Waals surface area contributed by atoms with Crippen LogP contribution < -0.4 is 0 Å². The highest BCUT2D eigenvalue weighted by atomic mass is 16.5. The molecule has 1 rings (SSSR count). The number of rotatable bonds is 4. The Labute approximate surface area is 81.3 Å². The van der Waals surface area contributed by atoms with Crippen molar-refractivity contribution in [2.45, 2.75) is 52.2 Å². The van der Waals surface area contributed by atoms with E-state index in [0.717, 1.165) is 12.8 Å². The predicted octanol–water partition coefficient (Wildman–Crippen LogP) is 2.21. The molecule has 0 aromatic rings. The molecule has 13 heavy (non-hydrogen) atoms. The average molecular weight is 186 g/mol. The first-order valence-corrected chi connectivity index (χ1v) is 5.41. The fraction of sp³-hybridized carbons (Fsp3) is 1.00. The minimum atomic E-state index is 0.308. The van der Waals surface area contributed by atoms with Gasteiger partial charge in [0.15, 0.2) is 0 Å². The maximum Gasteiger partial charge on any atom is 0.0607 e. The van der Waals surface area contributed by atoms with Crippen molar-refractivity contribution < 1.29 is 9.84 Å². The van der Waals surface area contributed by atoms with Crippen LogP contribution in [0.25, 0.3) is 0 Å². The van der Waals surface area contributed by atoms with Gasteiger partial charge in [0.1, 0.15) is 0 Å². The van der Waals surface area contributed by atoms with E-state index in [4.69, 9.17) is 9.84 Å². The molecule has 0 bridgehead atoms. The van der Waals surface area contributed by atoms with Crippen LogP contribution in [0.15, 0.2) is 0 Å². The molecule has 0 saturated carbocycles. The highest BCUT2D eigenvalue weighted by Crippen LogP contribution is 2.31. The van der Waals surface area contributed by atoms with Gasteiger partial charge in [-0.2, -0.15) is 0 Å². The average Bonchev–Trinajstić information content (AvgIpc) is 2.43. The van der Waals surface area contributed by atoms with Gasteiger partial charge >= 0.3 is 0 Å². The molecule has 1 heterocycles. The summed E-state index contributed by atoms with van der Waals surface area (Å²) >= 11 is 0. The van der Waals surface area contributed by atoms with Crippen molar-refractivity contribution in [2.75, 3.05) is 6.61 Å². The zero-order valence-corrected chi connectivity index (χ0v) is 8.99. The van der Waals surface area contributed by atoms with E-state index in [-0.39, 0.29) is 0 Å². The van der Waals surface area contributed by atoms with E-state index < -0.39 is 0 Å². The third-order valence-corrected chi connectivity index (χ3v) is 3.25. The molecular formula is C11H22O2.